The summed E-state index contributed by atoms with van der Waals surface area (Å²) in [6.45, 7) is 3.49. The Balaban J connectivity index is 1.16. The molecule has 2 aliphatic rings. The minimum absolute atomic E-state index is 0.134. The number of ether oxygens (including phenoxy) is 1. The topological polar surface area (TPSA) is 74.7 Å². The molecule has 6 nitrogen and oxygen atoms in total. The molecule has 2 aliphatic heterocycles. The molecule has 1 spiro atoms. The number of aromatic nitrogens is 1. The summed E-state index contributed by atoms with van der Waals surface area (Å²) in [5.74, 6) is 0.937. The number of pyridine rings is 1. The number of β-amino-alcohol motifs (C(OH)–C–C–N with tert-alkyl or cyclic N) is 1. The van der Waals surface area contributed by atoms with Gasteiger partial charge in [0, 0.05) is 31.9 Å². The Morgan fingerprint density at radius 2 is 1.81 bits per heavy atom. The first-order valence-corrected chi connectivity index (χ1v) is 11.3. The van der Waals surface area contributed by atoms with Crippen molar-refractivity contribution in [3.05, 3.63) is 60.9 Å². The SMILES string of the molecule is O=C1CC2(CCN(CC(O)COc3ccc4ccc(-c5ccncc5)cc4c3)CC2)CN1. The van der Waals surface area contributed by atoms with Crippen LogP contribution in [0.4, 0.5) is 0 Å². The zero-order chi connectivity index (χ0) is 22.0. The normalized spacial score (nSPS) is 19.2. The van der Waals surface area contributed by atoms with Gasteiger partial charge in [-0.3, -0.25) is 9.78 Å². The van der Waals surface area contributed by atoms with Crippen molar-refractivity contribution in [2.75, 3.05) is 32.8 Å². The van der Waals surface area contributed by atoms with Crippen molar-refractivity contribution >= 4 is 16.7 Å². The number of nitrogens with zero attached hydrogens (tertiary/aromatic N) is 2. The number of amides is 1. The van der Waals surface area contributed by atoms with E-state index in [1.54, 1.807) is 12.4 Å². The fourth-order valence-corrected chi connectivity index (χ4v) is 4.90. The summed E-state index contributed by atoms with van der Waals surface area (Å²) in [5.41, 5.74) is 2.40. The Bertz CT molecular complexity index is 1090. The highest BCUT2D eigenvalue weighted by molar-refractivity contribution is 5.88. The number of rotatable bonds is 6. The largest absolute Gasteiger partial charge is 0.491 e. The Morgan fingerprint density at radius 3 is 2.56 bits per heavy atom. The van der Waals surface area contributed by atoms with E-state index >= 15 is 0 Å². The first-order valence-electron chi connectivity index (χ1n) is 11.3. The number of carbonyl (C=O) groups is 1. The minimum Gasteiger partial charge on any atom is -0.491 e. The molecular formula is C26H29N3O3. The molecule has 2 saturated heterocycles. The van der Waals surface area contributed by atoms with Gasteiger partial charge in [-0.1, -0.05) is 18.2 Å². The molecule has 3 heterocycles. The molecule has 166 valence electrons. The molecule has 32 heavy (non-hydrogen) atoms. The number of aliphatic hydroxyl groups excluding tert-OH is 1. The maximum atomic E-state index is 11.6. The highest BCUT2D eigenvalue weighted by atomic mass is 16.5. The van der Waals surface area contributed by atoms with E-state index in [4.69, 9.17) is 4.74 Å². The van der Waals surface area contributed by atoms with Gasteiger partial charge in [0.25, 0.3) is 0 Å². The van der Waals surface area contributed by atoms with Crippen LogP contribution in [0.15, 0.2) is 60.9 Å². The number of piperidine rings is 1. The van der Waals surface area contributed by atoms with Crippen molar-refractivity contribution in [1.29, 1.82) is 0 Å². The number of aliphatic hydroxyl groups is 1. The van der Waals surface area contributed by atoms with Crippen LogP contribution < -0.4 is 10.1 Å². The number of carbonyl (C=O) groups excluding carboxylic acids is 1. The maximum absolute atomic E-state index is 11.6. The van der Waals surface area contributed by atoms with Crippen LogP contribution in [0.2, 0.25) is 0 Å². The van der Waals surface area contributed by atoms with Crippen LogP contribution in [0.1, 0.15) is 19.3 Å². The highest BCUT2D eigenvalue weighted by Crippen LogP contribution is 2.37. The van der Waals surface area contributed by atoms with Gasteiger partial charge in [-0.25, -0.2) is 0 Å². The van der Waals surface area contributed by atoms with Gasteiger partial charge in [0.05, 0.1) is 0 Å². The summed E-state index contributed by atoms with van der Waals surface area (Å²) < 4.78 is 5.93. The average Bonchev–Trinajstić information content (AvgIpc) is 3.19. The standard InChI is InChI=1S/C26H29N3O3/c30-23(16-29-11-7-26(8-12-29)15-25(31)28-18-26)17-32-24-4-3-19-1-2-21(13-22(19)14-24)20-5-9-27-10-6-20/h1-6,9-10,13-14,23,30H,7-8,11-12,15-18H2,(H,28,31). The number of hydrogen-bond donors (Lipinski definition) is 2. The molecule has 1 unspecified atom stereocenters. The van der Waals surface area contributed by atoms with E-state index in [1.807, 2.05) is 30.3 Å². The molecule has 1 aromatic heterocycles. The summed E-state index contributed by atoms with van der Waals surface area (Å²) >= 11 is 0. The summed E-state index contributed by atoms with van der Waals surface area (Å²) in [4.78, 5) is 18.0. The maximum Gasteiger partial charge on any atom is 0.220 e. The molecule has 2 N–H and O–H groups in total. The third kappa shape index (κ3) is 4.61. The van der Waals surface area contributed by atoms with E-state index < -0.39 is 6.10 Å². The molecule has 0 saturated carbocycles. The van der Waals surface area contributed by atoms with Crippen LogP contribution in [0.5, 0.6) is 5.75 Å². The van der Waals surface area contributed by atoms with Gasteiger partial charge in [0.2, 0.25) is 5.91 Å². The lowest BCUT2D eigenvalue weighted by Crippen LogP contribution is -2.45. The van der Waals surface area contributed by atoms with Crippen LogP contribution in [-0.2, 0) is 4.79 Å². The quantitative estimate of drug-likeness (QED) is 0.627. The Hall–Kier alpha value is -2.96. The van der Waals surface area contributed by atoms with Crippen molar-refractivity contribution in [3.8, 4) is 16.9 Å². The third-order valence-electron chi connectivity index (χ3n) is 6.85. The number of fused-ring (bicyclic) bond motifs is 1. The molecule has 1 amide bonds. The van der Waals surface area contributed by atoms with Crippen molar-refractivity contribution in [2.24, 2.45) is 5.41 Å². The molecule has 1 atom stereocenters. The number of benzene rings is 2. The van der Waals surface area contributed by atoms with Gasteiger partial charge < -0.3 is 20.1 Å². The highest BCUT2D eigenvalue weighted by Gasteiger charge is 2.40. The molecule has 3 aromatic rings. The molecule has 2 fully saturated rings. The van der Waals surface area contributed by atoms with Gasteiger partial charge in [0.1, 0.15) is 18.5 Å². The van der Waals surface area contributed by atoms with E-state index in [2.05, 4.69) is 33.4 Å². The molecule has 0 radical (unpaired) electrons. The van der Waals surface area contributed by atoms with Crippen LogP contribution in [0.25, 0.3) is 21.9 Å². The molecule has 6 heteroatoms. The van der Waals surface area contributed by atoms with Gasteiger partial charge in [0.15, 0.2) is 0 Å². The number of nitrogens with one attached hydrogen (secondary N) is 1. The Labute approximate surface area is 188 Å². The van der Waals surface area contributed by atoms with E-state index in [0.29, 0.717) is 13.0 Å². The fraction of sp³-hybridized carbons (Fsp3) is 0.385. The van der Waals surface area contributed by atoms with Crippen molar-refractivity contribution in [3.63, 3.8) is 0 Å². The minimum atomic E-state index is -0.550. The molecular weight excluding hydrogens is 402 g/mol. The van der Waals surface area contributed by atoms with Crippen LogP contribution in [-0.4, -0.2) is 59.8 Å². The monoisotopic (exact) mass is 431 g/mol. The summed E-state index contributed by atoms with van der Waals surface area (Å²) in [6, 6.07) is 16.4. The number of hydrogen-bond acceptors (Lipinski definition) is 5. The van der Waals surface area contributed by atoms with Crippen molar-refractivity contribution in [1.82, 2.24) is 15.2 Å². The van der Waals surface area contributed by atoms with Crippen molar-refractivity contribution in [2.45, 2.75) is 25.4 Å². The molecule has 0 aliphatic carbocycles. The lowest BCUT2D eigenvalue weighted by Gasteiger charge is -2.38. The summed E-state index contributed by atoms with van der Waals surface area (Å²) in [7, 11) is 0. The molecule has 0 bridgehead atoms. The van der Waals surface area contributed by atoms with Crippen LogP contribution in [0, 0.1) is 5.41 Å². The van der Waals surface area contributed by atoms with Gasteiger partial charge >= 0.3 is 0 Å². The van der Waals surface area contributed by atoms with Crippen LogP contribution >= 0.6 is 0 Å². The lowest BCUT2D eigenvalue weighted by atomic mass is 9.77. The summed E-state index contributed by atoms with van der Waals surface area (Å²) in [5, 5.41) is 15.8. The second-order valence-corrected chi connectivity index (χ2v) is 9.18. The first-order chi connectivity index (χ1) is 15.6. The van der Waals surface area contributed by atoms with Crippen molar-refractivity contribution < 1.29 is 14.6 Å². The van der Waals surface area contributed by atoms with E-state index in [1.165, 1.54) is 0 Å². The fourth-order valence-electron chi connectivity index (χ4n) is 4.90. The second kappa shape index (κ2) is 8.88. The lowest BCUT2D eigenvalue weighted by molar-refractivity contribution is -0.119. The second-order valence-electron chi connectivity index (χ2n) is 9.18. The number of likely N-dealkylation sites (tertiary alicyclic amines) is 1. The zero-order valence-electron chi connectivity index (χ0n) is 18.2. The zero-order valence-corrected chi connectivity index (χ0v) is 18.2. The Kier molecular flexibility index (Phi) is 5.81. The van der Waals surface area contributed by atoms with Crippen LogP contribution in [0.3, 0.4) is 0 Å². The third-order valence-corrected chi connectivity index (χ3v) is 6.85. The van der Waals surface area contributed by atoms with Gasteiger partial charge in [-0.2, -0.15) is 0 Å². The van der Waals surface area contributed by atoms with E-state index in [-0.39, 0.29) is 17.9 Å². The predicted octanol–water partition coefficient (Wildman–Crippen LogP) is 3.24. The predicted molar refractivity (Wildman–Crippen MR) is 124 cm³/mol. The molecule has 2 aromatic carbocycles. The van der Waals surface area contributed by atoms with E-state index in [0.717, 1.165) is 60.1 Å². The smallest absolute Gasteiger partial charge is 0.220 e. The Morgan fingerprint density at radius 1 is 1.03 bits per heavy atom. The van der Waals surface area contributed by atoms with Gasteiger partial charge in [-0.15, -0.1) is 0 Å². The average molecular weight is 432 g/mol. The van der Waals surface area contributed by atoms with E-state index in [9.17, 15) is 9.90 Å². The van der Waals surface area contributed by atoms with Gasteiger partial charge in [-0.05, 0) is 83.6 Å². The molecule has 5 rings (SSSR count). The summed E-state index contributed by atoms with van der Waals surface area (Å²) in [6.07, 6.45) is 5.70. The first kappa shape index (κ1) is 20.9.